The minimum absolute atomic E-state index is 0.100. The molecule has 5 rings (SSSR count). The Balaban J connectivity index is 1.51. The Bertz CT molecular complexity index is 1430. The molecule has 8 nitrogen and oxygen atoms in total. The number of thioether (sulfide) groups is 1. The Morgan fingerprint density at radius 2 is 1.79 bits per heavy atom. The van der Waals surface area contributed by atoms with Crippen LogP contribution in [-0.4, -0.2) is 36.4 Å². The van der Waals surface area contributed by atoms with Crippen molar-refractivity contribution in [2.75, 3.05) is 5.75 Å². The summed E-state index contributed by atoms with van der Waals surface area (Å²) in [4.78, 5) is 26.0. The number of amides is 1. The maximum absolute atomic E-state index is 13.3. The van der Waals surface area contributed by atoms with Gasteiger partial charge in [0.25, 0.3) is 5.56 Å². The topological polar surface area (TPSA) is 105 Å². The third kappa shape index (κ3) is 3.87. The van der Waals surface area contributed by atoms with E-state index in [9.17, 15) is 14.9 Å². The monoisotopic (exact) mass is 458 g/mol. The fraction of sp³-hybridized carbons (Fsp3) is 0.292. The van der Waals surface area contributed by atoms with Gasteiger partial charge in [-0.2, -0.15) is 5.26 Å². The van der Waals surface area contributed by atoms with Crippen LogP contribution >= 0.6 is 11.8 Å². The molecule has 1 fully saturated rings. The third-order valence-electron chi connectivity index (χ3n) is 6.04. The molecule has 0 atom stereocenters. The average Bonchev–Trinajstić information content (AvgIpc) is 3.28. The second kappa shape index (κ2) is 8.71. The van der Waals surface area contributed by atoms with E-state index in [-0.39, 0.29) is 17.2 Å². The molecule has 33 heavy (non-hydrogen) atoms. The number of benzene rings is 2. The van der Waals surface area contributed by atoms with E-state index in [4.69, 9.17) is 0 Å². The Morgan fingerprint density at radius 1 is 1.06 bits per heavy atom. The number of fused-ring (bicyclic) bond motifs is 3. The van der Waals surface area contributed by atoms with Crippen molar-refractivity contribution in [3.63, 3.8) is 0 Å². The van der Waals surface area contributed by atoms with Gasteiger partial charge in [-0.3, -0.25) is 14.0 Å². The summed E-state index contributed by atoms with van der Waals surface area (Å²) in [5, 5.41) is 22.2. The van der Waals surface area contributed by atoms with Crippen LogP contribution in [0.3, 0.4) is 0 Å². The summed E-state index contributed by atoms with van der Waals surface area (Å²) in [6.07, 6.45) is 4.34. The molecule has 1 saturated carbocycles. The van der Waals surface area contributed by atoms with E-state index in [0.717, 1.165) is 19.3 Å². The van der Waals surface area contributed by atoms with Gasteiger partial charge in [-0.15, -0.1) is 10.2 Å². The van der Waals surface area contributed by atoms with E-state index in [2.05, 4.69) is 21.6 Å². The number of nitrogens with one attached hydrogen (secondary N) is 1. The Labute approximate surface area is 194 Å². The molecular formula is C24H22N6O2S. The summed E-state index contributed by atoms with van der Waals surface area (Å²) in [5.41, 5.74) is 0.411. The van der Waals surface area contributed by atoms with Crippen LogP contribution in [0, 0.1) is 11.3 Å². The van der Waals surface area contributed by atoms with E-state index in [1.165, 1.54) is 16.3 Å². The number of aromatic nitrogens is 4. The number of hydrogen-bond acceptors (Lipinski definition) is 6. The summed E-state index contributed by atoms with van der Waals surface area (Å²) in [7, 11) is 0. The highest BCUT2D eigenvalue weighted by atomic mass is 32.2. The van der Waals surface area contributed by atoms with Crippen LogP contribution in [-0.2, 0) is 4.79 Å². The van der Waals surface area contributed by atoms with Gasteiger partial charge in [-0.1, -0.05) is 61.4 Å². The standard InChI is InChI=1S/C24H22N6O2S/c25-16-24(13-7-2-8-14-24)26-20(31)15-33-23-28-27-22-29(17-9-3-1-4-10-17)21(32)18-11-5-6-12-19(18)30(22)23/h1,3-6,9-12H,2,7-8,13-15H2,(H,26,31). The van der Waals surface area contributed by atoms with Crippen molar-refractivity contribution in [2.24, 2.45) is 0 Å². The molecule has 1 N–H and O–H groups in total. The molecule has 1 aliphatic rings. The molecule has 2 heterocycles. The van der Waals surface area contributed by atoms with Gasteiger partial charge in [0.05, 0.1) is 28.4 Å². The van der Waals surface area contributed by atoms with E-state index in [0.29, 0.717) is 40.4 Å². The number of nitriles is 1. The summed E-state index contributed by atoms with van der Waals surface area (Å²) < 4.78 is 3.34. The number of carbonyl (C=O) groups excluding carboxylic acids is 1. The van der Waals surface area contributed by atoms with Crippen molar-refractivity contribution in [2.45, 2.75) is 42.8 Å². The van der Waals surface area contributed by atoms with Crippen LogP contribution in [0.4, 0.5) is 0 Å². The van der Waals surface area contributed by atoms with E-state index in [1.807, 2.05) is 52.9 Å². The van der Waals surface area contributed by atoms with Gasteiger partial charge < -0.3 is 5.32 Å². The molecule has 2 aromatic carbocycles. The first kappa shape index (κ1) is 21.2. The quantitative estimate of drug-likeness (QED) is 0.459. The van der Waals surface area contributed by atoms with Gasteiger partial charge in [-0.25, -0.2) is 4.57 Å². The van der Waals surface area contributed by atoms with Crippen molar-refractivity contribution in [3.05, 3.63) is 65.0 Å². The van der Waals surface area contributed by atoms with Crippen LogP contribution in [0.5, 0.6) is 0 Å². The molecular weight excluding hydrogens is 436 g/mol. The normalized spacial score (nSPS) is 15.4. The minimum atomic E-state index is -0.775. The zero-order valence-corrected chi connectivity index (χ0v) is 18.7. The minimum Gasteiger partial charge on any atom is -0.337 e. The molecule has 0 radical (unpaired) electrons. The lowest BCUT2D eigenvalue weighted by Gasteiger charge is -2.31. The van der Waals surface area contributed by atoms with E-state index in [1.54, 1.807) is 6.07 Å². The SMILES string of the molecule is N#CC1(NC(=O)CSc2nnc3n(-c4ccccc4)c(=O)c4ccccc4n23)CCCCC1. The molecule has 1 amide bonds. The second-order valence-corrected chi connectivity index (χ2v) is 9.15. The first-order chi connectivity index (χ1) is 16.1. The van der Waals surface area contributed by atoms with Gasteiger partial charge in [0, 0.05) is 0 Å². The number of rotatable bonds is 5. The van der Waals surface area contributed by atoms with Gasteiger partial charge in [0.2, 0.25) is 11.7 Å². The van der Waals surface area contributed by atoms with Gasteiger partial charge in [0.1, 0.15) is 5.54 Å². The molecule has 9 heteroatoms. The van der Waals surface area contributed by atoms with Crippen LogP contribution in [0.15, 0.2) is 64.5 Å². The van der Waals surface area contributed by atoms with Crippen LogP contribution in [0.2, 0.25) is 0 Å². The average molecular weight is 459 g/mol. The number of nitrogens with zero attached hydrogens (tertiary/aromatic N) is 5. The first-order valence-electron chi connectivity index (χ1n) is 10.9. The molecule has 0 saturated heterocycles. The van der Waals surface area contributed by atoms with E-state index >= 15 is 0 Å². The van der Waals surface area contributed by atoms with Gasteiger partial charge in [0.15, 0.2) is 5.16 Å². The van der Waals surface area contributed by atoms with Crippen molar-refractivity contribution < 1.29 is 4.79 Å². The molecule has 0 spiro atoms. The Morgan fingerprint density at radius 3 is 2.55 bits per heavy atom. The zero-order valence-electron chi connectivity index (χ0n) is 17.9. The lowest BCUT2D eigenvalue weighted by atomic mass is 9.83. The fourth-order valence-corrected chi connectivity index (χ4v) is 5.18. The van der Waals surface area contributed by atoms with Crippen LogP contribution < -0.4 is 10.9 Å². The maximum atomic E-state index is 13.3. The highest BCUT2D eigenvalue weighted by molar-refractivity contribution is 7.99. The van der Waals surface area contributed by atoms with Crippen molar-refractivity contribution in [1.82, 2.24) is 24.5 Å². The highest BCUT2D eigenvalue weighted by Gasteiger charge is 2.33. The summed E-state index contributed by atoms with van der Waals surface area (Å²) in [6.45, 7) is 0. The summed E-state index contributed by atoms with van der Waals surface area (Å²) in [6, 6.07) is 18.9. The first-order valence-corrected chi connectivity index (χ1v) is 11.9. The fourth-order valence-electron chi connectivity index (χ4n) is 4.44. The summed E-state index contributed by atoms with van der Waals surface area (Å²) >= 11 is 1.24. The second-order valence-electron chi connectivity index (χ2n) is 8.20. The molecule has 0 unspecified atom stereocenters. The lowest BCUT2D eigenvalue weighted by molar-refractivity contribution is -0.120. The van der Waals surface area contributed by atoms with Crippen molar-refractivity contribution in [1.29, 1.82) is 5.26 Å². The van der Waals surface area contributed by atoms with Crippen LogP contribution in [0.1, 0.15) is 32.1 Å². The van der Waals surface area contributed by atoms with Crippen molar-refractivity contribution in [3.8, 4) is 11.8 Å². The number of para-hydroxylation sites is 2. The Hall–Kier alpha value is -3.64. The van der Waals surface area contributed by atoms with Crippen molar-refractivity contribution >= 4 is 34.3 Å². The molecule has 166 valence electrons. The van der Waals surface area contributed by atoms with E-state index < -0.39 is 5.54 Å². The van der Waals surface area contributed by atoms with Crippen LogP contribution in [0.25, 0.3) is 22.4 Å². The predicted octanol–water partition coefficient (Wildman–Crippen LogP) is 3.47. The third-order valence-corrected chi connectivity index (χ3v) is 6.97. The number of hydrogen-bond donors (Lipinski definition) is 1. The highest BCUT2D eigenvalue weighted by Crippen LogP contribution is 2.28. The largest absolute Gasteiger partial charge is 0.337 e. The molecule has 2 aromatic heterocycles. The molecule has 0 bridgehead atoms. The smallest absolute Gasteiger partial charge is 0.267 e. The molecule has 4 aromatic rings. The number of carbonyl (C=O) groups is 1. The van der Waals surface area contributed by atoms with Gasteiger partial charge in [-0.05, 0) is 37.1 Å². The van der Waals surface area contributed by atoms with Gasteiger partial charge >= 0.3 is 0 Å². The maximum Gasteiger partial charge on any atom is 0.267 e. The molecule has 1 aliphatic carbocycles. The Kier molecular flexibility index (Phi) is 5.60. The summed E-state index contributed by atoms with van der Waals surface area (Å²) in [5.74, 6) is 0.276. The lowest BCUT2D eigenvalue weighted by Crippen LogP contribution is -2.49. The molecule has 0 aliphatic heterocycles. The predicted molar refractivity (Wildman–Crippen MR) is 126 cm³/mol. The zero-order chi connectivity index (χ0) is 22.8.